The highest BCUT2D eigenvalue weighted by molar-refractivity contribution is 5.89. The Labute approximate surface area is 328 Å². The van der Waals surface area contributed by atoms with Crippen LogP contribution in [0.4, 0.5) is 0 Å². The Morgan fingerprint density at radius 3 is 0.607 bits per heavy atom. The van der Waals surface area contributed by atoms with Crippen LogP contribution in [0.2, 0.25) is 0 Å². The Morgan fingerprint density at radius 2 is 0.411 bits per heavy atom. The van der Waals surface area contributed by atoms with Gasteiger partial charge in [-0.3, -0.25) is 0 Å². The average molecular weight is 721 g/mol. The van der Waals surface area contributed by atoms with Gasteiger partial charge in [-0.15, -0.1) is 0 Å². The summed E-state index contributed by atoms with van der Waals surface area (Å²) in [7, 11) is 0. The van der Waals surface area contributed by atoms with Gasteiger partial charge in [0, 0.05) is 11.1 Å². The zero-order chi connectivity index (χ0) is 37.9. The van der Waals surface area contributed by atoms with Gasteiger partial charge in [-0.2, -0.15) is 20.5 Å². The summed E-state index contributed by atoms with van der Waals surface area (Å²) < 4.78 is 0. The minimum atomic E-state index is -0.982. The van der Waals surface area contributed by atoms with E-state index in [1.165, 1.54) is 0 Å². The van der Waals surface area contributed by atoms with Crippen molar-refractivity contribution in [2.24, 2.45) is 20.5 Å². The van der Waals surface area contributed by atoms with Gasteiger partial charge in [0.25, 0.3) is 0 Å². The smallest absolute Gasteiger partial charge is 0.157 e. The molecule has 4 nitrogen and oxygen atoms in total. The van der Waals surface area contributed by atoms with Gasteiger partial charge in [-0.25, -0.2) is 0 Å². The molecule has 0 saturated heterocycles. The molecule has 268 valence electrons. The first-order valence-electron chi connectivity index (χ1n) is 18.8. The quantitative estimate of drug-likeness (QED) is 0.0685. The molecule has 0 unspecified atom stereocenters. The van der Waals surface area contributed by atoms with Crippen molar-refractivity contribution in [2.75, 3.05) is 0 Å². The van der Waals surface area contributed by atoms with Crippen molar-refractivity contribution in [2.45, 2.75) is 11.1 Å². The molecule has 0 amide bonds. The van der Waals surface area contributed by atoms with E-state index >= 15 is 0 Å². The summed E-state index contributed by atoms with van der Waals surface area (Å²) in [6.07, 6.45) is 0. The van der Waals surface area contributed by atoms with Crippen LogP contribution in [0.5, 0.6) is 0 Å². The fourth-order valence-electron chi connectivity index (χ4n) is 7.35. The van der Waals surface area contributed by atoms with Crippen LogP contribution < -0.4 is 0 Å². The maximum atomic E-state index is 5.47. The highest BCUT2D eigenvalue weighted by Gasteiger charge is 2.38. The van der Waals surface area contributed by atoms with Gasteiger partial charge in [-0.1, -0.05) is 243 Å². The summed E-state index contributed by atoms with van der Waals surface area (Å²) >= 11 is 0. The van der Waals surface area contributed by atoms with Crippen molar-refractivity contribution in [1.82, 2.24) is 0 Å². The summed E-state index contributed by atoms with van der Waals surface area (Å²) in [6, 6.07) is 82.6. The monoisotopic (exact) mass is 720 g/mol. The average Bonchev–Trinajstić information content (AvgIpc) is 3.30. The fraction of sp³-hybridized carbons (Fsp3) is 0.0385. The van der Waals surface area contributed by atoms with E-state index in [0.29, 0.717) is 11.4 Å². The van der Waals surface area contributed by atoms with Crippen LogP contribution in [-0.4, -0.2) is 0 Å². The molecule has 8 aromatic carbocycles. The molecule has 0 spiro atoms. The molecule has 0 aliphatic carbocycles. The molecule has 0 aromatic heterocycles. The molecule has 0 radical (unpaired) electrons. The van der Waals surface area contributed by atoms with Gasteiger partial charge in [0.15, 0.2) is 11.1 Å². The number of nitrogens with zero attached hydrogens (tertiary/aromatic N) is 4. The normalized spacial score (nSPS) is 12.4. The molecule has 0 atom stereocenters. The van der Waals surface area contributed by atoms with Crippen molar-refractivity contribution in [1.29, 1.82) is 0 Å². The zero-order valence-electron chi connectivity index (χ0n) is 30.9. The van der Waals surface area contributed by atoms with E-state index in [9.17, 15) is 0 Å². The number of benzene rings is 8. The molecule has 56 heavy (non-hydrogen) atoms. The minimum Gasteiger partial charge on any atom is -0.167 e. The van der Waals surface area contributed by atoms with Crippen LogP contribution in [0.1, 0.15) is 44.5 Å². The summed E-state index contributed by atoms with van der Waals surface area (Å²) in [5, 5.41) is 21.6. The van der Waals surface area contributed by atoms with E-state index in [1.807, 2.05) is 72.8 Å². The molecule has 8 aromatic rings. The lowest BCUT2D eigenvalue weighted by molar-refractivity contribution is 0.616. The molecule has 0 aliphatic heterocycles. The van der Waals surface area contributed by atoms with Crippen molar-refractivity contribution in [3.63, 3.8) is 0 Å². The van der Waals surface area contributed by atoms with Crippen molar-refractivity contribution in [3.8, 4) is 0 Å². The van der Waals surface area contributed by atoms with E-state index in [2.05, 4.69) is 170 Å². The zero-order valence-corrected chi connectivity index (χ0v) is 30.9. The van der Waals surface area contributed by atoms with E-state index < -0.39 is 11.1 Å². The lowest BCUT2D eigenvalue weighted by Crippen LogP contribution is -2.27. The van der Waals surface area contributed by atoms with Crippen LogP contribution in [0, 0.1) is 0 Å². The third kappa shape index (κ3) is 7.16. The predicted octanol–water partition coefficient (Wildman–Crippen LogP) is 13.4. The number of rotatable bonds is 12. The Balaban J connectivity index is 1.45. The van der Waals surface area contributed by atoms with Gasteiger partial charge in [0.2, 0.25) is 0 Å². The first-order chi connectivity index (χ1) is 27.8. The summed E-state index contributed by atoms with van der Waals surface area (Å²) in [4.78, 5) is 0. The third-order valence-electron chi connectivity index (χ3n) is 10.1. The Kier molecular flexibility index (Phi) is 10.7. The van der Waals surface area contributed by atoms with Crippen LogP contribution in [0.15, 0.2) is 263 Å². The topological polar surface area (TPSA) is 49.4 Å². The van der Waals surface area contributed by atoms with Gasteiger partial charge in [0.05, 0.1) is 0 Å². The Bertz CT molecular complexity index is 2150. The molecular weight excluding hydrogens is 681 g/mol. The Hall–Kier alpha value is -7.30. The van der Waals surface area contributed by atoms with Crippen molar-refractivity contribution >= 4 is 11.4 Å². The predicted molar refractivity (Wildman–Crippen MR) is 228 cm³/mol. The summed E-state index contributed by atoms with van der Waals surface area (Å²) in [6.45, 7) is 0. The second-order valence-electron chi connectivity index (χ2n) is 13.4. The molecule has 8 rings (SSSR count). The van der Waals surface area contributed by atoms with Gasteiger partial charge in [-0.05, 0) is 33.4 Å². The molecule has 0 saturated carbocycles. The molecule has 0 heterocycles. The van der Waals surface area contributed by atoms with Crippen LogP contribution in [0.25, 0.3) is 11.4 Å². The highest BCUT2D eigenvalue weighted by atomic mass is 15.2. The van der Waals surface area contributed by atoms with E-state index in [1.54, 1.807) is 0 Å². The van der Waals surface area contributed by atoms with E-state index in [-0.39, 0.29) is 0 Å². The van der Waals surface area contributed by atoms with Crippen LogP contribution in [0.3, 0.4) is 0 Å². The SMILES string of the molecule is c1ccc(/C(N=NC(c2ccccc2)(c2ccccc2)c2ccccc2)=C(\N=NC(c2ccccc2)(c2ccccc2)c2ccccc2)c2ccccc2)cc1. The standard InChI is InChI=1S/C52H40N4/c1-9-25-41(26-10-1)49(53-55-51(43-29-13-3-14-30-43,44-31-15-4-16-32-44)45-33-17-5-18-34-45)50(42-27-11-2-12-28-42)54-56-52(46-35-19-6-20-36-46,47-37-21-7-22-38-47)48-39-23-8-24-40-48/h1-40H/b50-49+,55-53?,56-54?. The molecular formula is C52H40N4. The van der Waals surface area contributed by atoms with Gasteiger partial charge in [0.1, 0.15) is 11.4 Å². The van der Waals surface area contributed by atoms with Crippen LogP contribution >= 0.6 is 0 Å². The maximum absolute atomic E-state index is 5.47. The minimum absolute atomic E-state index is 0.593. The summed E-state index contributed by atoms with van der Waals surface area (Å²) in [5.74, 6) is 0. The maximum Gasteiger partial charge on any atom is 0.157 e. The lowest BCUT2D eigenvalue weighted by Gasteiger charge is -2.31. The Morgan fingerprint density at radius 1 is 0.232 bits per heavy atom. The number of azo groups is 2. The second-order valence-corrected chi connectivity index (χ2v) is 13.4. The highest BCUT2D eigenvalue weighted by Crippen LogP contribution is 2.44. The number of hydrogen-bond donors (Lipinski definition) is 0. The van der Waals surface area contributed by atoms with Crippen molar-refractivity contribution < 1.29 is 0 Å². The van der Waals surface area contributed by atoms with Crippen molar-refractivity contribution in [3.05, 3.63) is 287 Å². The number of hydrogen-bond acceptors (Lipinski definition) is 4. The molecule has 4 heteroatoms. The first kappa shape index (κ1) is 35.7. The summed E-state index contributed by atoms with van der Waals surface area (Å²) in [5.41, 5.74) is 6.91. The van der Waals surface area contributed by atoms with Gasteiger partial charge >= 0.3 is 0 Å². The fourth-order valence-corrected chi connectivity index (χ4v) is 7.35. The molecule has 0 N–H and O–H groups in total. The molecule has 0 fully saturated rings. The van der Waals surface area contributed by atoms with E-state index in [4.69, 9.17) is 20.5 Å². The molecule has 0 aliphatic rings. The van der Waals surface area contributed by atoms with Gasteiger partial charge < -0.3 is 0 Å². The molecule has 0 bridgehead atoms. The van der Waals surface area contributed by atoms with E-state index in [0.717, 1.165) is 44.5 Å². The second kappa shape index (κ2) is 16.8. The lowest BCUT2D eigenvalue weighted by atomic mass is 9.78. The largest absolute Gasteiger partial charge is 0.167 e. The van der Waals surface area contributed by atoms with Crippen LogP contribution in [-0.2, 0) is 11.1 Å². The third-order valence-corrected chi connectivity index (χ3v) is 10.1. The first-order valence-corrected chi connectivity index (χ1v) is 18.8.